The van der Waals surface area contributed by atoms with Gasteiger partial charge in [-0.15, -0.1) is 0 Å². The van der Waals surface area contributed by atoms with E-state index in [1.165, 1.54) is 6.42 Å². The molecule has 1 aliphatic heterocycles. The minimum absolute atomic E-state index is 0.0109. The summed E-state index contributed by atoms with van der Waals surface area (Å²) >= 11 is 0. The summed E-state index contributed by atoms with van der Waals surface area (Å²) in [7, 11) is 0. The van der Waals surface area contributed by atoms with Crippen molar-refractivity contribution in [1.29, 1.82) is 0 Å². The number of aliphatic hydroxyl groups excluding tert-OH is 1. The van der Waals surface area contributed by atoms with Crippen molar-refractivity contribution >= 4 is 11.9 Å². The van der Waals surface area contributed by atoms with Crippen LogP contribution < -0.4 is 5.32 Å². The molecule has 1 saturated heterocycles. The summed E-state index contributed by atoms with van der Waals surface area (Å²) in [5, 5.41) is 13.7. The summed E-state index contributed by atoms with van der Waals surface area (Å²) in [6, 6.07) is 0. The van der Waals surface area contributed by atoms with Crippen LogP contribution in [0.2, 0.25) is 0 Å². The quantitative estimate of drug-likeness (QED) is 0.450. The third-order valence-electron chi connectivity index (χ3n) is 5.62. The van der Waals surface area contributed by atoms with Crippen LogP contribution in [-0.4, -0.2) is 60.8 Å². The van der Waals surface area contributed by atoms with Crippen molar-refractivity contribution in [2.75, 3.05) is 32.8 Å². The van der Waals surface area contributed by atoms with Gasteiger partial charge < -0.3 is 20.1 Å². The van der Waals surface area contributed by atoms with Crippen molar-refractivity contribution in [2.45, 2.75) is 65.4 Å². The van der Waals surface area contributed by atoms with E-state index >= 15 is 0 Å². The van der Waals surface area contributed by atoms with Crippen LogP contribution >= 0.6 is 0 Å². The molecule has 1 aliphatic carbocycles. The summed E-state index contributed by atoms with van der Waals surface area (Å²) in [4.78, 5) is 19.0. The SMILES string of the molecule is CCNC(=NCC1(C)CCCCC1O)N1CCC(C(=O)OCC)CC1. The number of esters is 1. The van der Waals surface area contributed by atoms with Gasteiger partial charge in [0.1, 0.15) is 0 Å². The van der Waals surface area contributed by atoms with Gasteiger partial charge in [0, 0.05) is 25.0 Å². The van der Waals surface area contributed by atoms with Gasteiger partial charge in [0.15, 0.2) is 5.96 Å². The Labute approximate surface area is 152 Å². The number of nitrogens with one attached hydrogen (secondary N) is 1. The van der Waals surface area contributed by atoms with Crippen molar-refractivity contribution in [3.63, 3.8) is 0 Å². The number of hydrogen-bond donors (Lipinski definition) is 2. The van der Waals surface area contributed by atoms with Gasteiger partial charge >= 0.3 is 5.97 Å². The molecule has 144 valence electrons. The summed E-state index contributed by atoms with van der Waals surface area (Å²) in [6.07, 6.45) is 5.55. The van der Waals surface area contributed by atoms with E-state index in [9.17, 15) is 9.90 Å². The molecule has 0 aromatic heterocycles. The topological polar surface area (TPSA) is 74.2 Å². The molecule has 0 aromatic rings. The molecule has 0 aromatic carbocycles. The van der Waals surface area contributed by atoms with Gasteiger partial charge in [-0.3, -0.25) is 9.79 Å². The molecule has 6 nitrogen and oxygen atoms in total. The first-order valence-corrected chi connectivity index (χ1v) is 9.88. The van der Waals surface area contributed by atoms with Crippen LogP contribution in [0.25, 0.3) is 0 Å². The molecule has 25 heavy (non-hydrogen) atoms. The average Bonchev–Trinajstić information content (AvgIpc) is 2.62. The van der Waals surface area contributed by atoms with Crippen LogP contribution in [0.4, 0.5) is 0 Å². The van der Waals surface area contributed by atoms with Gasteiger partial charge in [-0.2, -0.15) is 0 Å². The van der Waals surface area contributed by atoms with Gasteiger partial charge in [0.25, 0.3) is 0 Å². The number of piperidine rings is 1. The maximum atomic E-state index is 11.9. The van der Waals surface area contributed by atoms with Crippen molar-refractivity contribution < 1.29 is 14.6 Å². The molecule has 2 rings (SSSR count). The van der Waals surface area contributed by atoms with Gasteiger partial charge in [0.05, 0.1) is 25.2 Å². The first-order valence-electron chi connectivity index (χ1n) is 9.88. The van der Waals surface area contributed by atoms with Gasteiger partial charge in [-0.25, -0.2) is 0 Å². The third kappa shape index (κ3) is 5.33. The van der Waals surface area contributed by atoms with E-state index in [1.54, 1.807) is 0 Å². The van der Waals surface area contributed by atoms with Gasteiger partial charge in [-0.05, 0) is 39.5 Å². The lowest BCUT2D eigenvalue weighted by atomic mass is 9.73. The molecule has 0 bridgehead atoms. The minimum atomic E-state index is -0.262. The van der Waals surface area contributed by atoms with Crippen LogP contribution in [0, 0.1) is 11.3 Å². The summed E-state index contributed by atoms with van der Waals surface area (Å²) in [5.74, 6) is 0.850. The Morgan fingerprint density at radius 3 is 2.60 bits per heavy atom. The largest absolute Gasteiger partial charge is 0.466 e. The van der Waals surface area contributed by atoms with Crippen molar-refractivity contribution in [3.8, 4) is 0 Å². The fourth-order valence-corrected chi connectivity index (χ4v) is 3.83. The van der Waals surface area contributed by atoms with E-state index in [4.69, 9.17) is 9.73 Å². The predicted octanol–water partition coefficient (Wildman–Crippen LogP) is 2.17. The molecular weight excluding hydrogens is 318 g/mol. The number of nitrogens with zero attached hydrogens (tertiary/aromatic N) is 2. The zero-order valence-electron chi connectivity index (χ0n) is 16.1. The zero-order chi connectivity index (χ0) is 18.3. The third-order valence-corrected chi connectivity index (χ3v) is 5.62. The summed E-state index contributed by atoms with van der Waals surface area (Å²) < 4.78 is 5.15. The first kappa shape index (κ1) is 20.0. The Morgan fingerprint density at radius 2 is 2.00 bits per heavy atom. The minimum Gasteiger partial charge on any atom is -0.466 e. The lowest BCUT2D eigenvalue weighted by Crippen LogP contribution is -2.47. The monoisotopic (exact) mass is 353 g/mol. The molecule has 2 N–H and O–H groups in total. The number of likely N-dealkylation sites (tertiary alicyclic amines) is 1. The van der Waals surface area contributed by atoms with Crippen LogP contribution in [-0.2, 0) is 9.53 Å². The number of rotatable bonds is 5. The number of carbonyl (C=O) groups excluding carboxylic acids is 1. The van der Waals surface area contributed by atoms with E-state index < -0.39 is 0 Å². The van der Waals surface area contributed by atoms with Crippen LogP contribution in [0.5, 0.6) is 0 Å². The normalized spacial score (nSPS) is 28.7. The lowest BCUT2D eigenvalue weighted by molar-refractivity contribution is -0.149. The van der Waals surface area contributed by atoms with Gasteiger partial charge in [-0.1, -0.05) is 19.8 Å². The molecule has 0 spiro atoms. The molecule has 0 radical (unpaired) electrons. The number of aliphatic hydroxyl groups is 1. The molecule has 1 saturated carbocycles. The molecule has 6 heteroatoms. The fourth-order valence-electron chi connectivity index (χ4n) is 3.83. The lowest BCUT2D eigenvalue weighted by Gasteiger charge is -2.38. The smallest absolute Gasteiger partial charge is 0.309 e. The Balaban J connectivity index is 1.95. The summed E-state index contributed by atoms with van der Waals surface area (Å²) in [6.45, 7) is 9.61. The molecule has 1 heterocycles. The highest BCUT2D eigenvalue weighted by atomic mass is 16.5. The average molecular weight is 354 g/mol. The maximum Gasteiger partial charge on any atom is 0.309 e. The highest BCUT2D eigenvalue weighted by molar-refractivity contribution is 5.80. The first-order chi connectivity index (χ1) is 12.0. The Hall–Kier alpha value is -1.30. The van der Waals surface area contributed by atoms with E-state index in [2.05, 4.69) is 24.1 Å². The highest BCUT2D eigenvalue weighted by Crippen LogP contribution is 2.36. The second-order valence-electron chi connectivity index (χ2n) is 7.60. The number of aliphatic imine (C=N–C) groups is 1. The molecular formula is C19H35N3O3. The molecule has 2 unspecified atom stereocenters. The Kier molecular flexibility index (Phi) is 7.54. The highest BCUT2D eigenvalue weighted by Gasteiger charge is 2.35. The second-order valence-corrected chi connectivity index (χ2v) is 7.60. The van der Waals surface area contributed by atoms with E-state index in [0.29, 0.717) is 13.2 Å². The molecule has 2 aliphatic rings. The molecule has 2 fully saturated rings. The van der Waals surface area contributed by atoms with Crippen LogP contribution in [0.1, 0.15) is 59.3 Å². The van der Waals surface area contributed by atoms with Gasteiger partial charge in [0.2, 0.25) is 0 Å². The number of guanidine groups is 1. The van der Waals surface area contributed by atoms with Crippen molar-refractivity contribution in [1.82, 2.24) is 10.2 Å². The Morgan fingerprint density at radius 1 is 1.28 bits per heavy atom. The van der Waals surface area contributed by atoms with E-state index in [-0.39, 0.29) is 23.4 Å². The number of ether oxygens (including phenoxy) is 1. The number of carbonyl (C=O) groups is 1. The maximum absolute atomic E-state index is 11.9. The molecule has 2 atom stereocenters. The van der Waals surface area contributed by atoms with Crippen molar-refractivity contribution in [3.05, 3.63) is 0 Å². The second kappa shape index (κ2) is 9.41. The zero-order valence-corrected chi connectivity index (χ0v) is 16.1. The fraction of sp³-hybridized carbons (Fsp3) is 0.895. The molecule has 0 amide bonds. The predicted molar refractivity (Wildman–Crippen MR) is 99.5 cm³/mol. The van der Waals surface area contributed by atoms with Crippen LogP contribution in [0.15, 0.2) is 4.99 Å². The van der Waals surface area contributed by atoms with Crippen molar-refractivity contribution in [2.24, 2.45) is 16.3 Å². The Bertz CT molecular complexity index is 461. The summed E-state index contributed by atoms with van der Waals surface area (Å²) in [5.41, 5.74) is -0.123. The van der Waals surface area contributed by atoms with Crippen LogP contribution in [0.3, 0.4) is 0 Å². The van der Waals surface area contributed by atoms with E-state index in [0.717, 1.165) is 57.7 Å². The standard InChI is InChI=1S/C19H35N3O3/c1-4-20-18(21-14-19(3)11-7-6-8-16(19)23)22-12-9-15(10-13-22)17(24)25-5-2/h15-16,23H,4-14H2,1-3H3,(H,20,21). The number of hydrogen-bond acceptors (Lipinski definition) is 4. The van der Waals surface area contributed by atoms with E-state index in [1.807, 2.05) is 6.92 Å².